The molecule has 6 unspecified atom stereocenters. The van der Waals surface area contributed by atoms with Gasteiger partial charge in [0.1, 0.15) is 78.4 Å². The zero-order chi connectivity index (χ0) is 76.8. The lowest BCUT2D eigenvalue weighted by atomic mass is 9.85. The van der Waals surface area contributed by atoms with E-state index >= 15 is 19.2 Å². The Kier molecular flexibility index (Phi) is 34.2. The Bertz CT molecular complexity index is 3150. The number of alkyl halides is 1. The van der Waals surface area contributed by atoms with E-state index in [1.807, 2.05) is 19.9 Å². The molecule has 0 aromatic heterocycles. The van der Waals surface area contributed by atoms with Crippen LogP contribution in [-0.4, -0.2) is 250 Å². The van der Waals surface area contributed by atoms with E-state index in [1.165, 1.54) is 92.2 Å². The third kappa shape index (κ3) is 24.7. The van der Waals surface area contributed by atoms with Gasteiger partial charge in [-0.25, -0.2) is 4.79 Å². The molecule has 2 fully saturated rings. The lowest BCUT2D eigenvalue weighted by Gasteiger charge is -2.41. The first kappa shape index (κ1) is 86.9. The maximum atomic E-state index is 15.4. The van der Waals surface area contributed by atoms with E-state index in [1.54, 1.807) is 13.8 Å². The number of piperidine rings is 1. The Balaban J connectivity index is 2.21. The number of aliphatic hydroxyl groups excluding tert-OH is 3. The van der Waals surface area contributed by atoms with Gasteiger partial charge in [0.15, 0.2) is 5.60 Å². The van der Waals surface area contributed by atoms with E-state index < -0.39 is 210 Å². The topological polar surface area (TPSA) is 500 Å². The molecule has 2 aliphatic heterocycles. The Hall–Kier alpha value is -8.31. The predicted molar refractivity (Wildman–Crippen MR) is 368 cm³/mol. The summed E-state index contributed by atoms with van der Waals surface area (Å²) < 4.78 is 17.4. The minimum Gasteiger partial charge on any atom is -0.508 e. The number of halogens is 1. The molecule has 3 rings (SSSR count). The molecule has 2 saturated heterocycles. The van der Waals surface area contributed by atoms with Gasteiger partial charge < -0.3 is 109 Å². The van der Waals surface area contributed by atoms with E-state index in [0.29, 0.717) is 0 Å². The third-order valence-corrected chi connectivity index (χ3v) is 18.1. The average molecular weight is 1450 g/mol. The number of ether oxygens (including phenoxy) is 3. The number of carbonyl (C=O) groups excluding carboxylic acids is 12. The molecule has 0 aliphatic carbocycles. The van der Waals surface area contributed by atoms with Crippen molar-refractivity contribution in [1.82, 2.24) is 57.7 Å². The number of esters is 1. The van der Waals surface area contributed by atoms with Crippen molar-refractivity contribution in [3.05, 3.63) is 65.9 Å². The Labute approximate surface area is 593 Å². The molecule has 0 saturated carbocycles. The number of carbonyl (C=O) groups is 12. The summed E-state index contributed by atoms with van der Waals surface area (Å²) in [6.45, 7) is 18.8. The van der Waals surface area contributed by atoms with Gasteiger partial charge in [0, 0.05) is 50.8 Å². The first-order valence-corrected chi connectivity index (χ1v) is 33.7. The van der Waals surface area contributed by atoms with Crippen LogP contribution in [0.4, 0.5) is 0 Å². The molecule has 1 aromatic carbocycles. The second kappa shape index (κ2) is 39.8. The summed E-state index contributed by atoms with van der Waals surface area (Å²) in [6, 6.07) is -11.9. The van der Waals surface area contributed by atoms with Crippen LogP contribution in [0.1, 0.15) is 114 Å². The number of hydrogen-bond acceptors (Lipinski definition) is 22. The molecule has 2 aliphatic rings. The van der Waals surface area contributed by atoms with Crippen LogP contribution in [0.15, 0.2) is 60.3 Å². The third-order valence-electron chi connectivity index (χ3n) is 17.7. The van der Waals surface area contributed by atoms with Gasteiger partial charge in [-0.15, -0.1) is 11.6 Å². The van der Waals surface area contributed by atoms with Crippen LogP contribution in [-0.2, 0) is 71.7 Å². The zero-order valence-electron chi connectivity index (χ0n) is 60.0. The highest BCUT2D eigenvalue weighted by molar-refractivity contribution is 6.21. The Morgan fingerprint density at radius 3 is 2.01 bits per heavy atom. The molecule has 18 N–H and O–H groups in total. The number of phenolic OH excluding ortho intramolecular Hbond substituents is 1. The minimum atomic E-state index is -2.45. The number of likely N-dealkylation sites (N-methyl/N-ethyl adjacent to an activating group) is 1. The summed E-state index contributed by atoms with van der Waals surface area (Å²) >= 11 is 6.77. The molecule has 0 bridgehead atoms. The largest absolute Gasteiger partial charge is 0.508 e. The van der Waals surface area contributed by atoms with Crippen molar-refractivity contribution in [3.8, 4) is 5.75 Å². The number of nitrogens with one attached hydrogen (secondary N) is 9. The van der Waals surface area contributed by atoms with Crippen LogP contribution in [0.3, 0.4) is 0 Å². The van der Waals surface area contributed by atoms with Crippen molar-refractivity contribution < 1.29 is 97.3 Å². The fourth-order valence-corrected chi connectivity index (χ4v) is 11.4. The molecule has 101 heavy (non-hydrogen) atoms. The van der Waals surface area contributed by atoms with Crippen LogP contribution >= 0.6 is 11.6 Å². The first-order chi connectivity index (χ1) is 47.1. The fraction of sp³-hybridized carbons (Fsp3) is 0.642. The van der Waals surface area contributed by atoms with E-state index in [0.717, 1.165) is 42.7 Å². The SMILES string of the molecule is C=C(N)[C@H](C)[C@H](C)[C@H](NC(=O)[C@@H](NC(=O)[C@@H](NC(=O)CNC(=O)C(C)(O)C(O)/C=C\C(C)=C\C(C)CC)[C@@H](C)O)[C@@H](C)N)C(=O)N[C@H]1C(=O)N[C@H](COC)C(=O)NCC(=O)N[C@@H](C)C(=O)N(C)C([C@@H](C)O)C(=O)NC([C@H](OC)c2ccc(O)cc2)C(=O)N2CC[C@H](Cl)CC2C(=O)O[C@@H]1C(C)C. The molecule has 0 radical (unpaired) electrons. The van der Waals surface area contributed by atoms with Gasteiger partial charge in [0.25, 0.3) is 5.91 Å². The van der Waals surface area contributed by atoms with Gasteiger partial charge in [-0.05, 0) is 89.8 Å². The highest BCUT2D eigenvalue weighted by Gasteiger charge is 2.48. The first-order valence-electron chi connectivity index (χ1n) is 33.3. The van der Waals surface area contributed by atoms with Crippen molar-refractivity contribution >= 4 is 82.5 Å². The Morgan fingerprint density at radius 1 is 0.861 bits per heavy atom. The van der Waals surface area contributed by atoms with Gasteiger partial charge in [0.2, 0.25) is 59.1 Å². The number of nitrogens with two attached hydrogens (primary N) is 2. The second-order valence-electron chi connectivity index (χ2n) is 26.5. The van der Waals surface area contributed by atoms with Gasteiger partial charge >= 0.3 is 5.97 Å². The van der Waals surface area contributed by atoms with E-state index in [2.05, 4.69) is 54.4 Å². The number of cyclic esters (lactones) is 1. The molecule has 11 amide bonds. The molecule has 34 heteroatoms. The molecular formula is C67H106ClN13O20. The van der Waals surface area contributed by atoms with Gasteiger partial charge in [-0.1, -0.05) is 90.5 Å². The summed E-state index contributed by atoms with van der Waals surface area (Å²) in [6.07, 6.45) is -3.07. The van der Waals surface area contributed by atoms with Crippen molar-refractivity contribution in [2.24, 2.45) is 35.1 Å². The number of fused-ring (bicyclic) bond motifs is 1. The summed E-state index contributed by atoms with van der Waals surface area (Å²) in [7, 11) is 3.53. The summed E-state index contributed by atoms with van der Waals surface area (Å²) in [5.74, 6) is -16.3. The molecule has 566 valence electrons. The van der Waals surface area contributed by atoms with Crippen molar-refractivity contribution in [2.45, 2.75) is 204 Å². The number of amides is 11. The van der Waals surface area contributed by atoms with Gasteiger partial charge in [0.05, 0.1) is 31.9 Å². The quantitative estimate of drug-likeness (QED) is 0.0236. The fourth-order valence-electron chi connectivity index (χ4n) is 11.1. The van der Waals surface area contributed by atoms with Gasteiger partial charge in [-0.2, -0.15) is 0 Å². The number of allylic oxidation sites excluding steroid dienone is 4. The van der Waals surface area contributed by atoms with Crippen molar-refractivity contribution in [2.75, 3.05) is 47.5 Å². The average Bonchev–Trinajstić information content (AvgIpc) is 0.788. The molecule has 33 nitrogen and oxygen atoms in total. The summed E-state index contributed by atoms with van der Waals surface area (Å²) in [4.78, 5) is 174. The smallest absolute Gasteiger partial charge is 0.329 e. The minimum absolute atomic E-state index is 0.00507. The molecule has 1 aromatic rings. The maximum absolute atomic E-state index is 15.4. The van der Waals surface area contributed by atoms with E-state index in [-0.39, 0.29) is 42.3 Å². The number of phenols is 1. The number of aromatic hydroxyl groups is 1. The number of nitrogens with zero attached hydrogens (tertiary/aromatic N) is 2. The summed E-state index contributed by atoms with van der Waals surface area (Å²) in [5.41, 5.74) is 11.0. The zero-order valence-corrected chi connectivity index (χ0v) is 60.8. The number of benzene rings is 1. The second-order valence-corrected chi connectivity index (χ2v) is 27.1. The highest BCUT2D eigenvalue weighted by atomic mass is 35.5. The molecular weight excluding hydrogens is 1340 g/mol. The van der Waals surface area contributed by atoms with Crippen molar-refractivity contribution in [1.29, 1.82) is 0 Å². The van der Waals surface area contributed by atoms with Crippen LogP contribution in [0, 0.1) is 23.7 Å². The normalized spacial score (nSPS) is 25.1. The lowest BCUT2D eigenvalue weighted by Crippen LogP contribution is -2.66. The predicted octanol–water partition coefficient (Wildman–Crippen LogP) is -3.11. The van der Waals surface area contributed by atoms with Crippen LogP contribution in [0.2, 0.25) is 0 Å². The number of rotatable bonds is 27. The van der Waals surface area contributed by atoms with Crippen LogP contribution in [0.5, 0.6) is 5.75 Å². The molecule has 20 atom stereocenters. The summed E-state index contributed by atoms with van der Waals surface area (Å²) in [5, 5.41) is 74.7. The molecule has 0 spiro atoms. The Morgan fingerprint density at radius 2 is 1.47 bits per heavy atom. The lowest BCUT2D eigenvalue weighted by molar-refractivity contribution is -0.168. The van der Waals surface area contributed by atoms with E-state index in [9.17, 15) is 63.9 Å². The van der Waals surface area contributed by atoms with Gasteiger partial charge in [-0.3, -0.25) is 52.7 Å². The number of methoxy groups -OCH3 is 2. The van der Waals surface area contributed by atoms with E-state index in [4.69, 9.17) is 37.3 Å². The standard InChI is InChI=1S/C67H106ClN13O20/c1-17-32(4)26-33(5)18-23-46(85)67(13,98)66(97)72-29-48(87)75-51(39(11)82)60(91)77-50(37(9)70)59(90)76-49(35(7)34(6)36(8)69)58(89)78-52-55(31(2)3)101-65(96)45-27-42(68)24-25-81(45)64(95)53(56(100-16)41-19-21-43(84)22-20-41)79-62(93)54(40(12)83)80(14)63(94)38(10)73-47(86)28-71-57(88)44(30-99-15)74-61(52)92/h18-23,26,31-32,34-35,37-40,42,44-46,49-56,82-85,98H,8,17,24-25,27-30,69-70H2,1-7,9-16H3,(H,71,88)(H,72,97)(H,73,86)(H,74,92)(H,75,87)(H,76,90)(H,77,91)(H,78,89)(H,79,93)/b23-18-,33-26+/t32?,34-,35+,37-,38+,39-,40-,42+,44-,45?,46?,49+,50+,51+,52-,53?,54?,55-,56-,67?/m1/s1. The molecule has 2 heterocycles. The highest BCUT2D eigenvalue weighted by Crippen LogP contribution is 2.31. The maximum Gasteiger partial charge on any atom is 0.329 e. The number of hydrogen-bond donors (Lipinski definition) is 16. The monoisotopic (exact) mass is 1450 g/mol. The van der Waals surface area contributed by atoms with Crippen LogP contribution in [0.25, 0.3) is 0 Å². The number of aliphatic hydroxyl groups is 4. The van der Waals surface area contributed by atoms with Crippen molar-refractivity contribution in [3.63, 3.8) is 0 Å². The van der Waals surface area contributed by atoms with Crippen LogP contribution < -0.4 is 59.3 Å².